The molecular formula is C17H14FN5O2S. The maximum Gasteiger partial charge on any atom is 0.266 e. The zero-order valence-electron chi connectivity index (χ0n) is 13.7. The SMILES string of the molecule is CO/N=C1\c2cc(F)ccc2-n2c1nc1cc(CNSN)ccc1c2=O. The van der Waals surface area contributed by atoms with E-state index in [1.165, 1.54) is 29.9 Å². The Morgan fingerprint density at radius 1 is 1.35 bits per heavy atom. The second kappa shape index (κ2) is 6.52. The highest BCUT2D eigenvalue weighted by atomic mass is 32.2. The maximum absolute atomic E-state index is 13.7. The van der Waals surface area contributed by atoms with Crippen molar-refractivity contribution in [3.8, 4) is 5.69 Å². The minimum atomic E-state index is -0.425. The largest absolute Gasteiger partial charge is 0.399 e. The molecule has 0 fully saturated rings. The van der Waals surface area contributed by atoms with E-state index in [9.17, 15) is 9.18 Å². The third kappa shape index (κ3) is 2.57. The van der Waals surface area contributed by atoms with Gasteiger partial charge in [0.25, 0.3) is 5.56 Å². The van der Waals surface area contributed by atoms with E-state index in [0.29, 0.717) is 40.2 Å². The molecule has 1 aliphatic rings. The molecule has 2 heterocycles. The molecule has 0 bridgehead atoms. The van der Waals surface area contributed by atoms with Gasteiger partial charge in [-0.15, -0.1) is 0 Å². The van der Waals surface area contributed by atoms with Crippen LogP contribution >= 0.6 is 12.1 Å². The molecule has 3 N–H and O–H groups in total. The van der Waals surface area contributed by atoms with Crippen molar-refractivity contribution in [2.75, 3.05) is 7.11 Å². The summed E-state index contributed by atoms with van der Waals surface area (Å²) in [6.45, 7) is 0.529. The standard InChI is InChI=1S/C17H14FN5O2S/c1-25-22-15-12-7-10(18)3-5-14(12)23-16(15)21-13-6-9(8-20-26-19)2-4-11(13)17(23)24/h2-7,20H,8,19H2,1H3/b22-15+. The minimum absolute atomic E-state index is 0.244. The summed E-state index contributed by atoms with van der Waals surface area (Å²) < 4.78 is 18.1. The van der Waals surface area contributed by atoms with Crippen LogP contribution in [0.4, 0.5) is 4.39 Å². The second-order valence-electron chi connectivity index (χ2n) is 5.65. The fraction of sp³-hybridized carbons (Fsp3) is 0.118. The molecule has 132 valence electrons. The molecule has 0 atom stereocenters. The lowest BCUT2D eigenvalue weighted by Gasteiger charge is -2.08. The zero-order chi connectivity index (χ0) is 18.3. The lowest BCUT2D eigenvalue weighted by molar-refractivity contribution is 0.214. The van der Waals surface area contributed by atoms with E-state index >= 15 is 0 Å². The van der Waals surface area contributed by atoms with Crippen molar-refractivity contribution in [3.05, 3.63) is 69.5 Å². The molecule has 7 nitrogen and oxygen atoms in total. The number of halogens is 1. The van der Waals surface area contributed by atoms with E-state index in [4.69, 9.17) is 9.98 Å². The van der Waals surface area contributed by atoms with Gasteiger partial charge in [0.15, 0.2) is 11.5 Å². The van der Waals surface area contributed by atoms with Gasteiger partial charge in [-0.3, -0.25) is 14.5 Å². The molecule has 2 aromatic carbocycles. The van der Waals surface area contributed by atoms with Gasteiger partial charge in [-0.1, -0.05) is 11.2 Å². The van der Waals surface area contributed by atoms with Gasteiger partial charge in [0.2, 0.25) is 0 Å². The molecular weight excluding hydrogens is 357 g/mol. The Kier molecular flexibility index (Phi) is 4.19. The van der Waals surface area contributed by atoms with Crippen molar-refractivity contribution in [2.45, 2.75) is 6.54 Å². The van der Waals surface area contributed by atoms with Gasteiger partial charge in [-0.2, -0.15) is 0 Å². The van der Waals surface area contributed by atoms with Gasteiger partial charge in [-0.05, 0) is 35.9 Å². The summed E-state index contributed by atoms with van der Waals surface area (Å²) in [7, 11) is 1.39. The molecule has 4 rings (SSSR count). The third-order valence-corrected chi connectivity index (χ3v) is 4.45. The van der Waals surface area contributed by atoms with E-state index in [0.717, 1.165) is 17.7 Å². The van der Waals surface area contributed by atoms with Crippen molar-refractivity contribution in [3.63, 3.8) is 0 Å². The smallest absolute Gasteiger partial charge is 0.266 e. The molecule has 26 heavy (non-hydrogen) atoms. The van der Waals surface area contributed by atoms with E-state index in [1.807, 2.05) is 12.1 Å². The molecule has 0 saturated carbocycles. The summed E-state index contributed by atoms with van der Waals surface area (Å²) in [5.74, 6) is -0.103. The molecule has 0 spiro atoms. The highest BCUT2D eigenvalue weighted by Gasteiger charge is 2.29. The van der Waals surface area contributed by atoms with Crippen molar-refractivity contribution >= 4 is 28.7 Å². The van der Waals surface area contributed by atoms with Crippen LogP contribution in [0.15, 0.2) is 46.3 Å². The van der Waals surface area contributed by atoms with Crippen molar-refractivity contribution in [1.29, 1.82) is 0 Å². The molecule has 1 aromatic heterocycles. The van der Waals surface area contributed by atoms with Gasteiger partial charge < -0.3 is 4.84 Å². The average molecular weight is 371 g/mol. The number of nitrogens with two attached hydrogens (primary N) is 1. The van der Waals surface area contributed by atoms with Gasteiger partial charge in [0.1, 0.15) is 12.9 Å². The Bertz CT molecular complexity index is 1110. The maximum atomic E-state index is 13.7. The van der Waals surface area contributed by atoms with E-state index in [-0.39, 0.29) is 5.56 Å². The first-order chi connectivity index (χ1) is 12.6. The zero-order valence-corrected chi connectivity index (χ0v) is 14.5. The summed E-state index contributed by atoms with van der Waals surface area (Å²) in [6.07, 6.45) is 0. The van der Waals surface area contributed by atoms with Gasteiger partial charge in [-0.25, -0.2) is 14.1 Å². The van der Waals surface area contributed by atoms with Crippen LogP contribution in [-0.2, 0) is 11.4 Å². The number of aromatic nitrogens is 2. The molecule has 0 saturated heterocycles. The average Bonchev–Trinajstić information content (AvgIpc) is 2.93. The Morgan fingerprint density at radius 2 is 2.19 bits per heavy atom. The molecule has 9 heteroatoms. The van der Waals surface area contributed by atoms with Gasteiger partial charge in [0.05, 0.1) is 16.6 Å². The van der Waals surface area contributed by atoms with Crippen LogP contribution in [0.25, 0.3) is 16.6 Å². The van der Waals surface area contributed by atoms with Crippen molar-refractivity contribution in [2.24, 2.45) is 10.3 Å². The highest BCUT2D eigenvalue weighted by Crippen LogP contribution is 2.28. The van der Waals surface area contributed by atoms with Crippen LogP contribution in [0.2, 0.25) is 0 Å². The number of hydrogen-bond acceptors (Lipinski definition) is 7. The molecule has 0 amide bonds. The molecule has 0 unspecified atom stereocenters. The van der Waals surface area contributed by atoms with Crippen LogP contribution in [0, 0.1) is 5.82 Å². The fourth-order valence-electron chi connectivity index (χ4n) is 3.04. The molecule has 3 aromatic rings. The monoisotopic (exact) mass is 371 g/mol. The lowest BCUT2D eigenvalue weighted by atomic mass is 10.1. The molecule has 0 aliphatic carbocycles. The number of rotatable bonds is 4. The minimum Gasteiger partial charge on any atom is -0.399 e. The normalized spacial score (nSPS) is 13.9. The topological polar surface area (TPSA) is 94.5 Å². The quantitative estimate of drug-likeness (QED) is 0.420. The predicted octanol–water partition coefficient (Wildman–Crippen LogP) is 1.85. The Balaban J connectivity index is 1.99. The number of oxime groups is 1. The molecule has 1 aliphatic heterocycles. The van der Waals surface area contributed by atoms with Crippen molar-refractivity contribution < 1.29 is 9.23 Å². The van der Waals surface area contributed by atoms with E-state index < -0.39 is 5.82 Å². The van der Waals surface area contributed by atoms with Gasteiger partial charge in [0, 0.05) is 24.2 Å². The van der Waals surface area contributed by atoms with Crippen molar-refractivity contribution in [1.82, 2.24) is 14.3 Å². The Hall–Kier alpha value is -2.75. The van der Waals surface area contributed by atoms with E-state index in [2.05, 4.69) is 14.9 Å². The number of hydrogen-bond donors (Lipinski definition) is 2. The van der Waals surface area contributed by atoms with Crippen LogP contribution in [-0.4, -0.2) is 22.4 Å². The highest BCUT2D eigenvalue weighted by molar-refractivity contribution is 7.95. The summed E-state index contributed by atoms with van der Waals surface area (Å²) in [5.41, 5.74) is 2.53. The predicted molar refractivity (Wildman–Crippen MR) is 98.6 cm³/mol. The summed E-state index contributed by atoms with van der Waals surface area (Å²) in [4.78, 5) is 22.5. The summed E-state index contributed by atoms with van der Waals surface area (Å²) in [6, 6.07) is 9.54. The second-order valence-corrected chi connectivity index (χ2v) is 6.17. The summed E-state index contributed by atoms with van der Waals surface area (Å²) in [5, 5.41) is 9.80. The summed E-state index contributed by atoms with van der Waals surface area (Å²) >= 11 is 1.02. The first kappa shape index (κ1) is 16.7. The van der Waals surface area contributed by atoms with Crippen LogP contribution < -0.4 is 15.4 Å². The van der Waals surface area contributed by atoms with Crippen LogP contribution in [0.3, 0.4) is 0 Å². The fourth-order valence-corrected chi connectivity index (χ4v) is 3.29. The third-order valence-electron chi connectivity index (χ3n) is 4.14. The number of nitrogens with one attached hydrogen (secondary N) is 1. The van der Waals surface area contributed by atoms with Crippen LogP contribution in [0.5, 0.6) is 0 Å². The first-order valence-corrected chi connectivity index (χ1v) is 8.58. The number of nitrogens with zero attached hydrogens (tertiary/aromatic N) is 3. The number of fused-ring (bicyclic) bond motifs is 4. The lowest BCUT2D eigenvalue weighted by Crippen LogP contribution is -2.22. The Morgan fingerprint density at radius 3 is 2.96 bits per heavy atom. The molecule has 0 radical (unpaired) electrons. The Labute approximate surface area is 151 Å². The van der Waals surface area contributed by atoms with Gasteiger partial charge >= 0.3 is 0 Å². The van der Waals surface area contributed by atoms with Crippen LogP contribution in [0.1, 0.15) is 17.0 Å². The first-order valence-electron chi connectivity index (χ1n) is 7.70. The number of benzene rings is 2. The van der Waals surface area contributed by atoms with E-state index in [1.54, 1.807) is 6.07 Å².